The Morgan fingerprint density at radius 1 is 1.00 bits per heavy atom. The number of ether oxygens (including phenoxy) is 2. The highest BCUT2D eigenvalue weighted by Gasteiger charge is 2.55. The summed E-state index contributed by atoms with van der Waals surface area (Å²) < 4.78 is 40.3. The normalized spacial score (nSPS) is 19.1. The molecule has 0 bridgehead atoms. The number of methoxy groups -OCH3 is 1. The highest BCUT2D eigenvalue weighted by molar-refractivity contribution is 7.93. The van der Waals surface area contributed by atoms with Crippen LogP contribution in [0.25, 0.3) is 0 Å². The maximum absolute atomic E-state index is 14.0. The summed E-state index contributed by atoms with van der Waals surface area (Å²) >= 11 is 0. The Morgan fingerprint density at radius 3 is 2.41 bits per heavy atom. The van der Waals surface area contributed by atoms with Crippen molar-refractivity contribution in [1.82, 2.24) is 0 Å². The van der Waals surface area contributed by atoms with Crippen molar-refractivity contribution in [3.8, 4) is 11.5 Å². The monoisotopic (exact) mass is 482 g/mol. The van der Waals surface area contributed by atoms with E-state index in [2.05, 4.69) is 17.1 Å². The van der Waals surface area contributed by atoms with Crippen molar-refractivity contribution in [2.24, 2.45) is 0 Å². The zero-order chi connectivity index (χ0) is 23.9. The quantitative estimate of drug-likeness (QED) is 0.568. The Balaban J connectivity index is 1.61. The molecule has 1 saturated carbocycles. The summed E-state index contributed by atoms with van der Waals surface area (Å²) in [7, 11) is -2.75. The van der Waals surface area contributed by atoms with Crippen molar-refractivity contribution in [3.05, 3.63) is 54.1 Å². The minimum Gasteiger partial charge on any atom is -0.495 e. The van der Waals surface area contributed by atoms with Gasteiger partial charge in [0.2, 0.25) is 0 Å². The van der Waals surface area contributed by atoms with Crippen molar-refractivity contribution in [2.45, 2.75) is 49.3 Å². The van der Waals surface area contributed by atoms with Gasteiger partial charge in [0.05, 0.1) is 24.8 Å². The van der Waals surface area contributed by atoms with E-state index >= 15 is 0 Å². The van der Waals surface area contributed by atoms with Gasteiger partial charge in [0.25, 0.3) is 15.9 Å². The third-order valence-corrected chi connectivity index (χ3v) is 8.90. The van der Waals surface area contributed by atoms with Gasteiger partial charge in [-0.25, -0.2) is 12.7 Å². The largest absolute Gasteiger partial charge is 0.495 e. The van der Waals surface area contributed by atoms with Crippen LogP contribution in [0.2, 0.25) is 0 Å². The molecule has 5 rings (SSSR count). The van der Waals surface area contributed by atoms with Crippen LogP contribution in [0.4, 0.5) is 11.4 Å². The lowest BCUT2D eigenvalue weighted by Crippen LogP contribution is -2.44. The molecule has 1 amide bonds. The molecule has 0 N–H and O–H groups in total. The van der Waals surface area contributed by atoms with Gasteiger partial charge in [-0.3, -0.25) is 4.79 Å². The summed E-state index contributed by atoms with van der Waals surface area (Å²) in [5.74, 6) is 0.513. The van der Waals surface area contributed by atoms with Crippen LogP contribution in [0.3, 0.4) is 0 Å². The van der Waals surface area contributed by atoms with Gasteiger partial charge in [0.15, 0.2) is 0 Å². The molecule has 34 heavy (non-hydrogen) atoms. The first-order valence-electron chi connectivity index (χ1n) is 11.9. The van der Waals surface area contributed by atoms with Gasteiger partial charge in [0.1, 0.15) is 16.4 Å². The molecular weight excluding hydrogens is 452 g/mol. The fraction of sp³-hybridized carbons (Fsp3) is 0.423. The van der Waals surface area contributed by atoms with Crippen LogP contribution in [-0.4, -0.2) is 41.1 Å². The number of sulfonamides is 1. The molecule has 2 heterocycles. The van der Waals surface area contributed by atoms with Crippen LogP contribution in [0.15, 0.2) is 53.4 Å². The number of carbonyl (C=O) groups is 1. The molecule has 0 unspecified atom stereocenters. The Hall–Kier alpha value is -3.00. The average Bonchev–Trinajstić information content (AvgIpc) is 3.46. The molecule has 0 radical (unpaired) electrons. The Labute approximate surface area is 201 Å². The molecule has 2 aliphatic heterocycles. The molecule has 7 nitrogen and oxygen atoms in total. The molecule has 1 fully saturated rings. The van der Waals surface area contributed by atoms with Gasteiger partial charge in [-0.1, -0.05) is 31.4 Å². The minimum atomic E-state index is -4.20. The second kappa shape index (κ2) is 8.65. The van der Waals surface area contributed by atoms with E-state index in [9.17, 15) is 13.2 Å². The van der Waals surface area contributed by atoms with E-state index in [1.807, 2.05) is 13.0 Å². The third kappa shape index (κ3) is 3.47. The van der Waals surface area contributed by atoms with Crippen LogP contribution >= 0.6 is 0 Å². The van der Waals surface area contributed by atoms with E-state index < -0.39 is 15.4 Å². The molecule has 2 aromatic rings. The SMILES string of the molecule is CCOc1ccc2c(c1)C1(CCCCC1)C(=O)N2S(=O)(=O)c1ccc(N2CC=CC2)cc1OC. The number of hydrogen-bond donors (Lipinski definition) is 0. The number of rotatable bonds is 6. The standard InChI is InChI=1S/C26H30N2O5S/c1-3-33-20-10-11-22-21(18-20)26(13-5-4-6-14-26)25(29)28(22)34(30,31)24-12-9-19(17-23(24)32-2)27-15-7-8-16-27/h7-12,17-18H,3-6,13-16H2,1-2H3. The van der Waals surface area contributed by atoms with Gasteiger partial charge in [0, 0.05) is 24.8 Å². The molecule has 2 aromatic carbocycles. The fourth-order valence-electron chi connectivity index (χ4n) is 5.48. The van der Waals surface area contributed by atoms with E-state index in [4.69, 9.17) is 9.47 Å². The summed E-state index contributed by atoms with van der Waals surface area (Å²) in [5.41, 5.74) is 1.22. The molecule has 1 aliphatic carbocycles. The second-order valence-electron chi connectivity index (χ2n) is 9.04. The molecular formula is C26H30N2O5S. The Bertz CT molecular complexity index is 1240. The number of nitrogens with zero attached hydrogens (tertiary/aromatic N) is 2. The molecule has 180 valence electrons. The summed E-state index contributed by atoms with van der Waals surface area (Å²) in [6, 6.07) is 10.4. The number of anilines is 2. The summed E-state index contributed by atoms with van der Waals surface area (Å²) in [4.78, 5) is 16.1. The smallest absolute Gasteiger partial charge is 0.274 e. The van der Waals surface area contributed by atoms with Crippen molar-refractivity contribution < 1.29 is 22.7 Å². The van der Waals surface area contributed by atoms with Gasteiger partial charge >= 0.3 is 0 Å². The highest BCUT2D eigenvalue weighted by atomic mass is 32.2. The van der Waals surface area contributed by atoms with Gasteiger partial charge in [-0.15, -0.1) is 0 Å². The maximum atomic E-state index is 14.0. The van der Waals surface area contributed by atoms with Crippen LogP contribution in [0.5, 0.6) is 11.5 Å². The van der Waals surface area contributed by atoms with Gasteiger partial charge in [-0.05, 0) is 55.7 Å². The van der Waals surface area contributed by atoms with Crippen molar-refractivity contribution in [2.75, 3.05) is 36.0 Å². The molecule has 1 spiro atoms. The van der Waals surface area contributed by atoms with E-state index in [1.54, 1.807) is 30.3 Å². The van der Waals surface area contributed by atoms with Crippen molar-refractivity contribution in [1.29, 1.82) is 0 Å². The zero-order valence-electron chi connectivity index (χ0n) is 19.6. The molecule has 3 aliphatic rings. The number of amides is 1. The van der Waals surface area contributed by atoms with Crippen molar-refractivity contribution in [3.63, 3.8) is 0 Å². The zero-order valence-corrected chi connectivity index (χ0v) is 20.4. The summed E-state index contributed by atoms with van der Waals surface area (Å²) in [5, 5.41) is 0. The summed E-state index contributed by atoms with van der Waals surface area (Å²) in [6.45, 7) is 3.92. The second-order valence-corrected chi connectivity index (χ2v) is 10.8. The van der Waals surface area contributed by atoms with Crippen LogP contribution in [0, 0.1) is 0 Å². The van der Waals surface area contributed by atoms with E-state index in [0.717, 1.165) is 47.9 Å². The van der Waals surface area contributed by atoms with Gasteiger partial charge in [-0.2, -0.15) is 0 Å². The Kier molecular flexibility index (Phi) is 5.80. The predicted molar refractivity (Wildman–Crippen MR) is 131 cm³/mol. The van der Waals surface area contributed by atoms with E-state index in [1.165, 1.54) is 7.11 Å². The lowest BCUT2D eigenvalue weighted by molar-refractivity contribution is -0.123. The lowest BCUT2D eigenvalue weighted by atomic mass is 9.70. The lowest BCUT2D eigenvalue weighted by Gasteiger charge is -2.32. The van der Waals surface area contributed by atoms with Crippen molar-refractivity contribution >= 4 is 27.3 Å². The molecule has 0 atom stereocenters. The van der Waals surface area contributed by atoms with Crippen LogP contribution < -0.4 is 18.7 Å². The molecule has 0 aromatic heterocycles. The van der Waals surface area contributed by atoms with E-state index in [-0.39, 0.29) is 16.6 Å². The van der Waals surface area contributed by atoms with Gasteiger partial charge < -0.3 is 14.4 Å². The maximum Gasteiger partial charge on any atom is 0.274 e. The molecule has 8 heteroatoms. The fourth-order valence-corrected chi connectivity index (χ4v) is 7.13. The number of benzene rings is 2. The topological polar surface area (TPSA) is 76.2 Å². The first-order valence-corrected chi connectivity index (χ1v) is 13.3. The van der Waals surface area contributed by atoms with Crippen LogP contribution in [0.1, 0.15) is 44.6 Å². The van der Waals surface area contributed by atoms with Crippen LogP contribution in [-0.2, 0) is 20.2 Å². The predicted octanol–water partition coefficient (Wildman–Crippen LogP) is 4.41. The third-order valence-electron chi connectivity index (χ3n) is 7.16. The Morgan fingerprint density at radius 2 is 1.74 bits per heavy atom. The average molecular weight is 483 g/mol. The summed E-state index contributed by atoms with van der Waals surface area (Å²) in [6.07, 6.45) is 8.23. The first-order chi connectivity index (χ1) is 16.4. The highest BCUT2D eigenvalue weighted by Crippen LogP contribution is 2.53. The minimum absolute atomic E-state index is 0.00745. The number of hydrogen-bond acceptors (Lipinski definition) is 6. The molecule has 0 saturated heterocycles. The number of carbonyl (C=O) groups excluding carboxylic acids is 1. The van der Waals surface area contributed by atoms with E-state index in [0.29, 0.717) is 30.9 Å². The first kappa shape index (κ1) is 22.8. The number of fused-ring (bicyclic) bond motifs is 2.